The van der Waals surface area contributed by atoms with Crippen LogP contribution in [0.5, 0.6) is 0 Å². The van der Waals surface area contributed by atoms with Gasteiger partial charge in [-0.2, -0.15) is 0 Å². The fourth-order valence-corrected chi connectivity index (χ4v) is 2.85. The number of hydrogen-bond donors (Lipinski definition) is 0. The molecule has 1 aliphatic rings. The molecule has 19 heavy (non-hydrogen) atoms. The summed E-state index contributed by atoms with van der Waals surface area (Å²) in [4.78, 5) is 4.70. The first-order valence-corrected chi connectivity index (χ1v) is 7.47. The monoisotopic (exact) mass is 333 g/mol. The van der Waals surface area contributed by atoms with Gasteiger partial charge in [-0.25, -0.2) is 0 Å². The maximum Gasteiger partial charge on any atom is 0.0665 e. The second-order valence-electron chi connectivity index (χ2n) is 4.75. The minimum atomic E-state index is 0.791. The van der Waals surface area contributed by atoms with E-state index in [-0.39, 0.29) is 0 Å². The minimum absolute atomic E-state index is 0.791. The topological polar surface area (TPSA) is 12.4 Å². The van der Waals surface area contributed by atoms with E-state index in [4.69, 9.17) is 16.6 Å². The number of aliphatic imine (C=N–C) groups is 1. The Morgan fingerprint density at radius 1 is 1.05 bits per heavy atom. The van der Waals surface area contributed by atoms with E-state index in [9.17, 15) is 0 Å². The molecule has 0 saturated heterocycles. The number of benzene rings is 2. The van der Waals surface area contributed by atoms with Crippen LogP contribution in [0.2, 0.25) is 5.02 Å². The molecule has 2 aromatic carbocycles. The van der Waals surface area contributed by atoms with E-state index in [1.165, 1.54) is 16.8 Å². The Morgan fingerprint density at radius 3 is 2.63 bits per heavy atom. The summed E-state index contributed by atoms with van der Waals surface area (Å²) in [5.41, 5.74) is 5.02. The van der Waals surface area contributed by atoms with Gasteiger partial charge in [-0.3, -0.25) is 4.99 Å². The quantitative estimate of drug-likeness (QED) is 0.716. The van der Waals surface area contributed by atoms with E-state index < -0.39 is 0 Å². The van der Waals surface area contributed by atoms with Crippen LogP contribution in [0.4, 0.5) is 5.69 Å². The van der Waals surface area contributed by atoms with Gasteiger partial charge in [-0.1, -0.05) is 39.7 Å². The van der Waals surface area contributed by atoms with Gasteiger partial charge in [0, 0.05) is 21.6 Å². The molecule has 0 aliphatic carbocycles. The molecule has 0 atom stereocenters. The molecule has 0 aromatic heterocycles. The highest BCUT2D eigenvalue weighted by atomic mass is 79.9. The van der Waals surface area contributed by atoms with Crippen LogP contribution in [0.25, 0.3) is 0 Å². The van der Waals surface area contributed by atoms with Crippen molar-refractivity contribution in [2.45, 2.75) is 19.3 Å². The van der Waals surface area contributed by atoms with E-state index in [1.807, 2.05) is 18.2 Å². The van der Waals surface area contributed by atoms with Crippen molar-refractivity contribution < 1.29 is 0 Å². The Morgan fingerprint density at radius 2 is 1.84 bits per heavy atom. The third kappa shape index (κ3) is 3.07. The smallest absolute Gasteiger partial charge is 0.0665 e. The number of fused-ring (bicyclic) bond motifs is 1. The highest BCUT2D eigenvalue weighted by molar-refractivity contribution is 9.10. The van der Waals surface area contributed by atoms with E-state index in [2.05, 4.69) is 40.2 Å². The molecule has 0 N–H and O–H groups in total. The third-order valence-electron chi connectivity index (χ3n) is 3.33. The minimum Gasteiger partial charge on any atom is -0.257 e. The zero-order chi connectivity index (χ0) is 13.2. The lowest BCUT2D eigenvalue weighted by molar-refractivity contribution is 1.02. The molecule has 0 spiro atoms. The molecule has 1 aliphatic heterocycles. The van der Waals surface area contributed by atoms with Gasteiger partial charge in [0.15, 0.2) is 0 Å². The summed E-state index contributed by atoms with van der Waals surface area (Å²) in [6, 6.07) is 14.3. The van der Waals surface area contributed by atoms with Gasteiger partial charge in [0.25, 0.3) is 0 Å². The van der Waals surface area contributed by atoms with Crippen LogP contribution in [-0.4, -0.2) is 5.71 Å². The molecule has 1 heterocycles. The first-order chi connectivity index (χ1) is 9.20. The van der Waals surface area contributed by atoms with Gasteiger partial charge in [-0.05, 0) is 54.3 Å². The summed E-state index contributed by atoms with van der Waals surface area (Å²) >= 11 is 9.39. The van der Waals surface area contributed by atoms with Crippen molar-refractivity contribution in [1.82, 2.24) is 0 Å². The molecule has 0 radical (unpaired) electrons. The van der Waals surface area contributed by atoms with Crippen molar-refractivity contribution in [3.63, 3.8) is 0 Å². The Bertz CT molecular complexity index is 632. The molecular weight excluding hydrogens is 322 g/mol. The molecular formula is C16H13BrClN. The van der Waals surface area contributed by atoms with Gasteiger partial charge in [0.2, 0.25) is 0 Å². The lowest BCUT2D eigenvalue weighted by atomic mass is 10.0. The molecule has 3 heteroatoms. The largest absolute Gasteiger partial charge is 0.257 e. The van der Waals surface area contributed by atoms with Crippen molar-refractivity contribution >= 4 is 38.9 Å². The van der Waals surface area contributed by atoms with E-state index in [1.54, 1.807) is 0 Å². The molecule has 0 amide bonds. The van der Waals surface area contributed by atoms with E-state index >= 15 is 0 Å². The number of nitrogens with zero attached hydrogens (tertiary/aromatic N) is 1. The summed E-state index contributed by atoms with van der Waals surface area (Å²) in [6.45, 7) is 0. The summed E-state index contributed by atoms with van der Waals surface area (Å²) < 4.78 is 1.13. The van der Waals surface area contributed by atoms with Gasteiger partial charge in [-0.15, -0.1) is 0 Å². The van der Waals surface area contributed by atoms with Gasteiger partial charge >= 0.3 is 0 Å². The number of halogens is 2. The second kappa shape index (κ2) is 5.48. The summed E-state index contributed by atoms with van der Waals surface area (Å²) in [5, 5.41) is 0.791. The molecule has 0 fully saturated rings. The second-order valence-corrected chi connectivity index (χ2v) is 6.11. The average molecular weight is 335 g/mol. The molecule has 0 saturated carbocycles. The first-order valence-electron chi connectivity index (χ1n) is 6.30. The van der Waals surface area contributed by atoms with Crippen molar-refractivity contribution in [1.29, 1.82) is 0 Å². The maximum absolute atomic E-state index is 5.89. The fraction of sp³-hybridized carbons (Fsp3) is 0.188. The molecule has 1 nitrogen and oxygen atoms in total. The predicted octanol–water partition coefficient (Wildman–Crippen LogP) is 5.36. The molecule has 3 rings (SSSR count). The van der Waals surface area contributed by atoms with Crippen molar-refractivity contribution in [3.8, 4) is 0 Å². The zero-order valence-corrected chi connectivity index (χ0v) is 12.7. The normalized spacial score (nSPS) is 13.3. The summed E-state index contributed by atoms with van der Waals surface area (Å²) in [6.07, 6.45) is 3.00. The zero-order valence-electron chi connectivity index (χ0n) is 10.4. The van der Waals surface area contributed by atoms with Crippen LogP contribution in [0, 0.1) is 0 Å². The standard InChI is InChI=1S/C16H13BrClN/c17-13-4-8-16-12(9-13)10-15(19-16)7-3-11-1-5-14(18)6-2-11/h1-2,4-6,8-9H,3,7,10H2. The lowest BCUT2D eigenvalue weighted by Crippen LogP contribution is -2.00. The molecule has 2 aromatic rings. The van der Waals surface area contributed by atoms with Crippen LogP contribution in [0.1, 0.15) is 17.5 Å². The van der Waals surface area contributed by atoms with Crippen LogP contribution in [-0.2, 0) is 12.8 Å². The number of rotatable bonds is 3. The van der Waals surface area contributed by atoms with E-state index in [0.717, 1.165) is 34.4 Å². The average Bonchev–Trinajstić information content (AvgIpc) is 2.80. The van der Waals surface area contributed by atoms with Crippen molar-refractivity contribution in [2.24, 2.45) is 4.99 Å². The molecule has 96 valence electrons. The van der Waals surface area contributed by atoms with Crippen LogP contribution in [0.15, 0.2) is 51.9 Å². The Balaban J connectivity index is 1.65. The Hall–Kier alpha value is -1.12. The van der Waals surface area contributed by atoms with Gasteiger partial charge in [0.1, 0.15) is 0 Å². The SMILES string of the molecule is Clc1ccc(CCC2=Nc3ccc(Br)cc3C2)cc1. The van der Waals surface area contributed by atoms with Crippen molar-refractivity contribution in [2.75, 3.05) is 0 Å². The van der Waals surface area contributed by atoms with Gasteiger partial charge < -0.3 is 0 Å². The first kappa shape index (κ1) is 12.9. The summed E-state index contributed by atoms with van der Waals surface area (Å²) in [5.74, 6) is 0. The highest BCUT2D eigenvalue weighted by Crippen LogP contribution is 2.30. The summed E-state index contributed by atoms with van der Waals surface area (Å²) in [7, 11) is 0. The van der Waals surface area contributed by atoms with Crippen LogP contribution in [0.3, 0.4) is 0 Å². The van der Waals surface area contributed by atoms with Gasteiger partial charge in [0.05, 0.1) is 5.69 Å². The highest BCUT2D eigenvalue weighted by Gasteiger charge is 2.14. The maximum atomic E-state index is 5.89. The van der Waals surface area contributed by atoms with Crippen LogP contribution >= 0.6 is 27.5 Å². The lowest BCUT2D eigenvalue weighted by Gasteiger charge is -2.01. The van der Waals surface area contributed by atoms with Crippen LogP contribution < -0.4 is 0 Å². The number of aryl methyl sites for hydroxylation is 1. The fourth-order valence-electron chi connectivity index (χ4n) is 2.32. The molecule has 0 bridgehead atoms. The number of hydrogen-bond acceptors (Lipinski definition) is 1. The van der Waals surface area contributed by atoms with E-state index in [0.29, 0.717) is 0 Å². The molecule has 0 unspecified atom stereocenters. The third-order valence-corrected chi connectivity index (χ3v) is 4.08. The Labute approximate surface area is 126 Å². The Kier molecular flexibility index (Phi) is 3.72. The van der Waals surface area contributed by atoms with Crippen molar-refractivity contribution in [3.05, 3.63) is 63.1 Å². The predicted molar refractivity (Wildman–Crippen MR) is 84.7 cm³/mol.